The van der Waals surface area contributed by atoms with Gasteiger partial charge < -0.3 is 9.57 Å². The predicted octanol–water partition coefficient (Wildman–Crippen LogP) is -0.112. The topological polar surface area (TPSA) is 37.3 Å². The lowest BCUT2D eigenvalue weighted by atomic mass is 10.5. The van der Waals surface area contributed by atoms with Crippen LogP contribution >= 0.6 is 0 Å². The highest BCUT2D eigenvalue weighted by molar-refractivity contribution is 5.85. The van der Waals surface area contributed by atoms with Crippen molar-refractivity contribution in [1.82, 2.24) is 0 Å². The molecule has 0 aromatic carbocycles. The Kier molecular flexibility index (Phi) is 13.9. The summed E-state index contributed by atoms with van der Waals surface area (Å²) in [6.07, 6.45) is -0.167. The lowest BCUT2D eigenvalue weighted by Crippen LogP contribution is -1.85. The molecule has 3 heteroatoms. The summed E-state index contributed by atoms with van der Waals surface area (Å²) in [6.45, 7) is 3.44. The molecule has 0 heterocycles. The number of aliphatic hydroxyl groups is 1. The van der Waals surface area contributed by atoms with E-state index in [1.165, 1.54) is 0 Å². The zero-order valence-electron chi connectivity index (χ0n) is 3.93. The normalized spacial score (nSPS) is 6.67. The molecule has 0 saturated heterocycles. The minimum atomic E-state index is -0.167. The molecule has 0 aromatic rings. The van der Waals surface area contributed by atoms with Crippen LogP contribution in [-0.4, -0.2) is 21.3 Å². The maximum Gasteiger partial charge on any atom is 0.381 e. The van der Waals surface area contributed by atoms with E-state index in [1.54, 1.807) is 24.0 Å². The third-order valence-electron chi connectivity index (χ3n) is 0. The Bertz CT molecular complexity index is 20.0. The van der Waals surface area contributed by atoms with Gasteiger partial charge in [-0.2, -0.15) is 0 Å². The summed E-state index contributed by atoms with van der Waals surface area (Å²) in [4.78, 5) is 0. The van der Waals surface area contributed by atoms with Crippen LogP contribution in [-0.2, 0) is 4.46 Å². The van der Waals surface area contributed by atoms with Gasteiger partial charge in [-0.15, -0.1) is 0 Å². The molecule has 0 aliphatic carbocycles. The maximum absolute atomic E-state index is 8.06. The van der Waals surface area contributed by atoms with Crippen LogP contribution in [0.15, 0.2) is 0 Å². The monoisotopic (exact) mass is 104 g/mol. The molecule has 6 heavy (non-hydrogen) atoms. The molecule has 2 radical (unpaired) electrons. The lowest BCUT2D eigenvalue weighted by molar-refractivity contribution is 0.216. The standard InChI is InChI=1S/C3H8O.OSi/c1-3(2)4;1-2/h3-4H,1-2H3;. The van der Waals surface area contributed by atoms with Gasteiger partial charge in [-0.1, -0.05) is 0 Å². The molecule has 0 aliphatic rings. The van der Waals surface area contributed by atoms with Gasteiger partial charge in [0.05, 0.1) is 0 Å². The Balaban J connectivity index is 0. The molecule has 0 fully saturated rings. The average molecular weight is 104 g/mol. The molecule has 0 bridgehead atoms. The minimum absolute atomic E-state index is 0.167. The highest BCUT2D eigenvalue weighted by Gasteiger charge is 1.69. The van der Waals surface area contributed by atoms with E-state index in [1.807, 2.05) is 0 Å². The van der Waals surface area contributed by atoms with E-state index in [-0.39, 0.29) is 6.10 Å². The smallest absolute Gasteiger partial charge is 0.381 e. The van der Waals surface area contributed by atoms with Crippen molar-refractivity contribution >= 4 is 10.1 Å². The van der Waals surface area contributed by atoms with Crippen molar-refractivity contribution in [2.24, 2.45) is 0 Å². The van der Waals surface area contributed by atoms with E-state index in [2.05, 4.69) is 0 Å². The van der Waals surface area contributed by atoms with E-state index in [9.17, 15) is 0 Å². The van der Waals surface area contributed by atoms with Crippen LogP contribution in [0.25, 0.3) is 0 Å². The fourth-order valence-corrected chi connectivity index (χ4v) is 0. The number of hydrogen-bond acceptors (Lipinski definition) is 2. The van der Waals surface area contributed by atoms with Gasteiger partial charge >= 0.3 is 10.1 Å². The second-order valence-corrected chi connectivity index (χ2v) is 1.09. The van der Waals surface area contributed by atoms with Crippen LogP contribution < -0.4 is 0 Å². The summed E-state index contributed by atoms with van der Waals surface area (Å²) >= 11 is 0. The van der Waals surface area contributed by atoms with Crippen molar-refractivity contribution in [2.45, 2.75) is 20.0 Å². The maximum atomic E-state index is 8.06. The Morgan fingerprint density at radius 2 is 1.50 bits per heavy atom. The minimum Gasteiger partial charge on any atom is -0.394 e. The van der Waals surface area contributed by atoms with E-state index in [0.29, 0.717) is 0 Å². The van der Waals surface area contributed by atoms with Gasteiger partial charge in [0.15, 0.2) is 0 Å². The number of hydrogen-bond donors (Lipinski definition) is 1. The van der Waals surface area contributed by atoms with Gasteiger partial charge in [-0.25, -0.2) is 0 Å². The molecular formula is C3H8O2Si. The molecular weight excluding hydrogens is 96.1 g/mol. The first-order valence-electron chi connectivity index (χ1n) is 1.62. The summed E-state index contributed by atoms with van der Waals surface area (Å²) in [5.41, 5.74) is 0. The van der Waals surface area contributed by atoms with Gasteiger partial charge in [0, 0.05) is 6.10 Å². The van der Waals surface area contributed by atoms with E-state index in [0.717, 1.165) is 0 Å². The van der Waals surface area contributed by atoms with Crippen molar-refractivity contribution in [3.05, 3.63) is 0 Å². The van der Waals surface area contributed by atoms with Gasteiger partial charge in [-0.3, -0.25) is 0 Å². The highest BCUT2D eigenvalue weighted by Crippen LogP contribution is 1.65. The van der Waals surface area contributed by atoms with Crippen LogP contribution in [0.4, 0.5) is 0 Å². The summed E-state index contributed by atoms with van der Waals surface area (Å²) in [5, 5.41) is 8.06. The fourth-order valence-electron chi connectivity index (χ4n) is 0. The van der Waals surface area contributed by atoms with Gasteiger partial charge in [0.25, 0.3) is 0 Å². The van der Waals surface area contributed by atoms with Crippen molar-refractivity contribution in [2.75, 3.05) is 0 Å². The number of aliphatic hydroxyl groups excluding tert-OH is 1. The van der Waals surface area contributed by atoms with Gasteiger partial charge in [-0.05, 0) is 13.8 Å². The van der Waals surface area contributed by atoms with Gasteiger partial charge in [0.1, 0.15) is 0 Å². The highest BCUT2D eigenvalue weighted by atomic mass is 28.1. The molecule has 36 valence electrons. The summed E-state index contributed by atoms with van der Waals surface area (Å²) in [7, 11) is 1.72. The molecule has 1 N–H and O–H groups in total. The molecule has 0 unspecified atom stereocenters. The summed E-state index contributed by atoms with van der Waals surface area (Å²) in [5.74, 6) is 0. The molecule has 0 atom stereocenters. The van der Waals surface area contributed by atoms with Crippen LogP contribution in [0.2, 0.25) is 0 Å². The van der Waals surface area contributed by atoms with E-state index in [4.69, 9.17) is 9.57 Å². The SMILES string of the molecule is CC(C)O.O=[Si]. The fraction of sp³-hybridized carbons (Fsp3) is 1.00. The first-order valence-corrected chi connectivity index (χ1v) is 2.03. The van der Waals surface area contributed by atoms with Gasteiger partial charge in [0.2, 0.25) is 0 Å². The Labute approximate surface area is 40.7 Å². The molecule has 0 aliphatic heterocycles. The Morgan fingerprint density at radius 1 is 1.50 bits per heavy atom. The predicted molar refractivity (Wildman–Crippen MR) is 23.8 cm³/mol. The number of rotatable bonds is 0. The van der Waals surface area contributed by atoms with Crippen molar-refractivity contribution < 1.29 is 9.57 Å². The lowest BCUT2D eigenvalue weighted by Gasteiger charge is -1.80. The molecule has 0 saturated carbocycles. The molecule has 0 spiro atoms. The summed E-state index contributed by atoms with van der Waals surface area (Å²) in [6, 6.07) is 0. The van der Waals surface area contributed by atoms with Crippen molar-refractivity contribution in [3.63, 3.8) is 0 Å². The quantitative estimate of drug-likeness (QED) is 0.435. The molecule has 0 rings (SSSR count). The second kappa shape index (κ2) is 8.88. The van der Waals surface area contributed by atoms with E-state index >= 15 is 0 Å². The van der Waals surface area contributed by atoms with Crippen LogP contribution in [0.1, 0.15) is 13.8 Å². The third-order valence-corrected chi connectivity index (χ3v) is 0. The first kappa shape index (κ1) is 9.36. The zero-order valence-corrected chi connectivity index (χ0v) is 4.93. The largest absolute Gasteiger partial charge is 0.394 e. The van der Waals surface area contributed by atoms with Crippen molar-refractivity contribution in [1.29, 1.82) is 0 Å². The molecule has 0 amide bonds. The Morgan fingerprint density at radius 3 is 1.50 bits per heavy atom. The van der Waals surface area contributed by atoms with E-state index < -0.39 is 0 Å². The Hall–Kier alpha value is -0.0231. The first-order chi connectivity index (χ1) is 2.73. The summed E-state index contributed by atoms with van der Waals surface area (Å²) < 4.78 is 8.06. The third kappa shape index (κ3) is 65900. The molecule has 2 nitrogen and oxygen atoms in total. The van der Waals surface area contributed by atoms with Crippen LogP contribution in [0, 0.1) is 0 Å². The van der Waals surface area contributed by atoms with Crippen LogP contribution in [0.3, 0.4) is 0 Å². The second-order valence-electron chi connectivity index (χ2n) is 1.09. The van der Waals surface area contributed by atoms with Crippen LogP contribution in [0.5, 0.6) is 0 Å². The average Bonchev–Trinajstić information content (AvgIpc) is 1.41. The molecule has 0 aromatic heterocycles. The zero-order chi connectivity index (χ0) is 5.58. The van der Waals surface area contributed by atoms with Crippen molar-refractivity contribution in [3.8, 4) is 0 Å².